The molecule has 0 N–H and O–H groups in total. The van der Waals surface area contributed by atoms with Gasteiger partial charge in [0, 0.05) is 42.3 Å². The minimum Gasteiger partial charge on any atom is -0.497 e. The molecule has 4 rings (SSSR count). The molecule has 2 aromatic heterocycles. The molecule has 6 nitrogen and oxygen atoms in total. The van der Waals surface area contributed by atoms with E-state index in [-0.39, 0.29) is 33.4 Å². The number of carbonyl (C=O) groups is 2. The zero-order valence-electron chi connectivity index (χ0n) is 19.8. The van der Waals surface area contributed by atoms with Crippen LogP contribution in [0.2, 0.25) is 0 Å². The van der Waals surface area contributed by atoms with Gasteiger partial charge in [0.1, 0.15) is 16.3 Å². The summed E-state index contributed by atoms with van der Waals surface area (Å²) in [4.78, 5) is 31.8. The summed E-state index contributed by atoms with van der Waals surface area (Å²) >= 11 is 3.40. The average Bonchev–Trinajstić information content (AvgIpc) is 2.93. The van der Waals surface area contributed by atoms with Crippen molar-refractivity contribution in [2.24, 2.45) is 0 Å². The average molecular weight is 614 g/mol. The zero-order valence-corrected chi connectivity index (χ0v) is 23.1. The van der Waals surface area contributed by atoms with Gasteiger partial charge < -0.3 is 9.47 Å². The SMILES string of the molecule is Br.COc1ccc(C(=O)C(Br)c2cccnc2)cc1.COc1ccc(C(=O)Cc2cccnc2)cc1. The Morgan fingerprint density at radius 3 is 1.78 bits per heavy atom. The molecule has 0 radical (unpaired) electrons. The van der Waals surface area contributed by atoms with Gasteiger partial charge in [0.15, 0.2) is 11.6 Å². The molecule has 0 bridgehead atoms. The highest BCUT2D eigenvalue weighted by atomic mass is 79.9. The second-order valence-corrected chi connectivity index (χ2v) is 8.35. The molecular weight excluding hydrogens is 588 g/mol. The van der Waals surface area contributed by atoms with Crippen molar-refractivity contribution in [1.82, 2.24) is 9.97 Å². The van der Waals surface area contributed by atoms with Gasteiger partial charge in [0.25, 0.3) is 0 Å². The van der Waals surface area contributed by atoms with E-state index >= 15 is 0 Å². The fourth-order valence-corrected chi connectivity index (χ4v) is 3.68. The monoisotopic (exact) mass is 612 g/mol. The Kier molecular flexibility index (Phi) is 12.0. The van der Waals surface area contributed by atoms with E-state index in [1.807, 2.05) is 24.3 Å². The predicted molar refractivity (Wildman–Crippen MR) is 149 cm³/mol. The third-order valence-electron chi connectivity index (χ3n) is 5.08. The van der Waals surface area contributed by atoms with Crippen LogP contribution in [-0.4, -0.2) is 35.8 Å². The Balaban J connectivity index is 0.000000247. The number of alkyl halides is 1. The first-order valence-corrected chi connectivity index (χ1v) is 11.7. The molecule has 0 aliphatic carbocycles. The number of rotatable bonds is 8. The van der Waals surface area contributed by atoms with Crippen molar-refractivity contribution in [3.05, 3.63) is 120 Å². The Morgan fingerprint density at radius 2 is 1.31 bits per heavy atom. The minimum atomic E-state index is -0.375. The van der Waals surface area contributed by atoms with Crippen LogP contribution >= 0.6 is 32.9 Å². The lowest BCUT2D eigenvalue weighted by Crippen LogP contribution is -2.07. The fourth-order valence-electron chi connectivity index (χ4n) is 3.15. The Morgan fingerprint density at radius 1 is 0.778 bits per heavy atom. The van der Waals surface area contributed by atoms with Crippen LogP contribution in [0.25, 0.3) is 0 Å². The number of nitrogens with zero attached hydrogens (tertiary/aromatic N) is 2. The molecule has 0 spiro atoms. The number of hydrogen-bond acceptors (Lipinski definition) is 6. The first kappa shape index (κ1) is 28.9. The Hall–Kier alpha value is -3.36. The summed E-state index contributed by atoms with van der Waals surface area (Å²) in [7, 11) is 3.20. The van der Waals surface area contributed by atoms with Crippen molar-refractivity contribution in [3.8, 4) is 11.5 Å². The maximum atomic E-state index is 12.2. The van der Waals surface area contributed by atoms with Crippen LogP contribution in [0.4, 0.5) is 0 Å². The molecule has 0 amide bonds. The van der Waals surface area contributed by atoms with E-state index < -0.39 is 0 Å². The molecule has 0 saturated carbocycles. The molecule has 2 heterocycles. The van der Waals surface area contributed by atoms with Crippen molar-refractivity contribution in [3.63, 3.8) is 0 Å². The standard InChI is InChI=1S/C14H12BrNO2.C14H13NO2.BrH/c1-18-12-6-4-10(5-7-12)14(17)13(15)11-3-2-8-16-9-11;1-17-13-6-4-12(5-7-13)14(16)9-11-3-2-8-15-10-11;/h2-9,13H,1H3;2-8,10H,9H2,1H3;1H. The van der Waals surface area contributed by atoms with E-state index in [1.165, 1.54) is 0 Å². The number of halogens is 2. The van der Waals surface area contributed by atoms with E-state index in [2.05, 4.69) is 25.9 Å². The molecule has 0 saturated heterocycles. The van der Waals surface area contributed by atoms with Crippen LogP contribution in [0.1, 0.15) is 36.7 Å². The van der Waals surface area contributed by atoms with Gasteiger partial charge in [0.05, 0.1) is 14.2 Å². The number of ether oxygens (including phenoxy) is 2. The van der Waals surface area contributed by atoms with Crippen LogP contribution in [0.5, 0.6) is 11.5 Å². The highest BCUT2D eigenvalue weighted by molar-refractivity contribution is 9.09. The summed E-state index contributed by atoms with van der Waals surface area (Å²) in [6.45, 7) is 0. The van der Waals surface area contributed by atoms with Crippen LogP contribution in [0.3, 0.4) is 0 Å². The molecule has 0 aliphatic rings. The quantitative estimate of drug-likeness (QED) is 0.167. The van der Waals surface area contributed by atoms with Crippen LogP contribution in [0, 0.1) is 0 Å². The normalized spacial score (nSPS) is 10.6. The summed E-state index contributed by atoms with van der Waals surface area (Å²) in [5.74, 6) is 1.58. The third-order valence-corrected chi connectivity index (χ3v) is 6.03. The molecule has 0 aliphatic heterocycles. The number of hydrogen-bond donors (Lipinski definition) is 0. The van der Waals surface area contributed by atoms with E-state index in [0.717, 1.165) is 22.6 Å². The van der Waals surface area contributed by atoms with E-state index in [0.29, 0.717) is 17.5 Å². The second kappa shape index (κ2) is 14.9. The number of pyridine rings is 2. The van der Waals surface area contributed by atoms with Gasteiger partial charge in [0.2, 0.25) is 0 Å². The molecule has 2 aromatic carbocycles. The molecule has 36 heavy (non-hydrogen) atoms. The minimum absolute atomic E-state index is 0. The number of Topliss-reactive ketones (excluding diaryl/α,β-unsaturated/α-hetero) is 2. The molecule has 186 valence electrons. The van der Waals surface area contributed by atoms with E-state index in [4.69, 9.17) is 9.47 Å². The molecule has 1 unspecified atom stereocenters. The van der Waals surface area contributed by atoms with Gasteiger partial charge in [-0.2, -0.15) is 0 Å². The highest BCUT2D eigenvalue weighted by Crippen LogP contribution is 2.27. The molecular formula is C28H26Br2N2O4. The number of benzene rings is 2. The smallest absolute Gasteiger partial charge is 0.180 e. The third kappa shape index (κ3) is 8.39. The number of ketones is 2. The van der Waals surface area contributed by atoms with Crippen LogP contribution in [-0.2, 0) is 6.42 Å². The van der Waals surface area contributed by atoms with Gasteiger partial charge in [-0.3, -0.25) is 19.6 Å². The first-order chi connectivity index (χ1) is 17.0. The fraction of sp³-hybridized carbons (Fsp3) is 0.143. The maximum Gasteiger partial charge on any atom is 0.180 e. The number of methoxy groups -OCH3 is 2. The van der Waals surface area contributed by atoms with E-state index in [1.54, 1.807) is 87.5 Å². The van der Waals surface area contributed by atoms with Gasteiger partial charge in [-0.1, -0.05) is 28.1 Å². The lowest BCUT2D eigenvalue weighted by molar-refractivity contribution is 0.0984. The van der Waals surface area contributed by atoms with Gasteiger partial charge >= 0.3 is 0 Å². The lowest BCUT2D eigenvalue weighted by atomic mass is 10.0. The lowest BCUT2D eigenvalue weighted by Gasteiger charge is -2.09. The largest absolute Gasteiger partial charge is 0.497 e. The van der Waals surface area contributed by atoms with Crippen molar-refractivity contribution < 1.29 is 19.1 Å². The number of carbonyl (C=O) groups excluding carboxylic acids is 2. The van der Waals surface area contributed by atoms with Crippen molar-refractivity contribution in [2.75, 3.05) is 14.2 Å². The van der Waals surface area contributed by atoms with Gasteiger partial charge in [-0.15, -0.1) is 17.0 Å². The summed E-state index contributed by atoms with van der Waals surface area (Å²) in [6, 6.07) is 21.6. The van der Waals surface area contributed by atoms with Crippen LogP contribution < -0.4 is 9.47 Å². The molecule has 8 heteroatoms. The van der Waals surface area contributed by atoms with E-state index in [9.17, 15) is 9.59 Å². The Bertz CT molecular complexity index is 1220. The zero-order chi connectivity index (χ0) is 25.0. The maximum absolute atomic E-state index is 12.2. The molecule has 1 atom stereocenters. The van der Waals surface area contributed by atoms with Gasteiger partial charge in [-0.05, 0) is 71.8 Å². The molecule has 4 aromatic rings. The van der Waals surface area contributed by atoms with Crippen LogP contribution in [0.15, 0.2) is 97.6 Å². The van der Waals surface area contributed by atoms with Gasteiger partial charge in [-0.25, -0.2) is 0 Å². The predicted octanol–water partition coefficient (Wildman–Crippen LogP) is 6.50. The summed E-state index contributed by atoms with van der Waals surface area (Å²) in [5.41, 5.74) is 3.10. The first-order valence-electron chi connectivity index (χ1n) is 10.8. The molecule has 0 fully saturated rings. The summed E-state index contributed by atoms with van der Waals surface area (Å²) < 4.78 is 10.1. The van der Waals surface area contributed by atoms with Crippen molar-refractivity contribution in [2.45, 2.75) is 11.2 Å². The topological polar surface area (TPSA) is 78.4 Å². The van der Waals surface area contributed by atoms with Crippen molar-refractivity contribution >= 4 is 44.5 Å². The van der Waals surface area contributed by atoms with Crippen molar-refractivity contribution in [1.29, 1.82) is 0 Å². The second-order valence-electron chi connectivity index (χ2n) is 7.43. The Labute approximate surface area is 229 Å². The summed E-state index contributed by atoms with van der Waals surface area (Å²) in [5, 5.41) is 0. The highest BCUT2D eigenvalue weighted by Gasteiger charge is 2.18. The summed E-state index contributed by atoms with van der Waals surface area (Å²) in [6.07, 6.45) is 7.14. The number of aromatic nitrogens is 2.